The van der Waals surface area contributed by atoms with E-state index in [9.17, 15) is 19.5 Å². The standard InChI is InChI=1S/C25H41N3O5/c1-15(2)19(26-23(32)33-25(8,9)10)22(31)28(16(3)4)20(21(30)27-24(5,6)7)17-13-11-12-14-18(17)29/h11-16,19-20,29H,1-10H3,(H,26,32)(H,27,30). The van der Waals surface area contributed by atoms with Crippen molar-refractivity contribution >= 4 is 17.9 Å². The van der Waals surface area contributed by atoms with Crippen molar-refractivity contribution in [1.82, 2.24) is 15.5 Å². The number of para-hydroxylation sites is 1. The number of phenolic OH excluding ortho intramolecular Hbond substituents is 1. The quantitative estimate of drug-likeness (QED) is 0.563. The first-order valence-electron chi connectivity index (χ1n) is 11.4. The molecule has 3 N–H and O–H groups in total. The molecule has 8 heteroatoms. The number of hydrogen-bond donors (Lipinski definition) is 3. The summed E-state index contributed by atoms with van der Waals surface area (Å²) in [4.78, 5) is 41.1. The molecule has 1 aromatic carbocycles. The van der Waals surface area contributed by atoms with Crippen LogP contribution in [-0.2, 0) is 14.3 Å². The minimum atomic E-state index is -1.10. The lowest BCUT2D eigenvalue weighted by Crippen LogP contribution is -2.57. The third-order valence-electron chi connectivity index (χ3n) is 4.67. The maximum absolute atomic E-state index is 13.8. The third kappa shape index (κ3) is 8.59. The van der Waals surface area contributed by atoms with E-state index in [1.807, 2.05) is 34.6 Å². The van der Waals surface area contributed by atoms with Crippen molar-refractivity contribution < 1.29 is 24.2 Å². The highest BCUT2D eigenvalue weighted by Crippen LogP contribution is 2.32. The van der Waals surface area contributed by atoms with Gasteiger partial charge in [-0.15, -0.1) is 0 Å². The Bertz CT molecular complexity index is 837. The Morgan fingerprint density at radius 3 is 1.94 bits per heavy atom. The Morgan fingerprint density at radius 1 is 0.970 bits per heavy atom. The number of alkyl carbamates (subject to hydrolysis) is 1. The Kier molecular flexibility index (Phi) is 9.33. The summed E-state index contributed by atoms with van der Waals surface area (Å²) in [7, 11) is 0. The lowest BCUT2D eigenvalue weighted by atomic mass is 9.96. The minimum Gasteiger partial charge on any atom is -0.508 e. The first-order chi connectivity index (χ1) is 14.9. The van der Waals surface area contributed by atoms with Gasteiger partial charge in [0.25, 0.3) is 0 Å². The normalized spacial score (nSPS) is 13.9. The predicted molar refractivity (Wildman–Crippen MR) is 129 cm³/mol. The van der Waals surface area contributed by atoms with Gasteiger partial charge < -0.3 is 25.4 Å². The van der Waals surface area contributed by atoms with Gasteiger partial charge in [-0.25, -0.2) is 4.79 Å². The molecular formula is C25H41N3O5. The third-order valence-corrected chi connectivity index (χ3v) is 4.67. The molecule has 0 fully saturated rings. The fraction of sp³-hybridized carbons (Fsp3) is 0.640. The molecule has 33 heavy (non-hydrogen) atoms. The largest absolute Gasteiger partial charge is 0.508 e. The molecule has 0 aliphatic heterocycles. The van der Waals surface area contributed by atoms with E-state index in [1.54, 1.807) is 52.8 Å². The highest BCUT2D eigenvalue weighted by atomic mass is 16.6. The van der Waals surface area contributed by atoms with Gasteiger partial charge in [-0.05, 0) is 67.4 Å². The topological polar surface area (TPSA) is 108 Å². The van der Waals surface area contributed by atoms with Gasteiger partial charge in [-0.3, -0.25) is 9.59 Å². The van der Waals surface area contributed by atoms with Gasteiger partial charge in [-0.1, -0.05) is 32.0 Å². The van der Waals surface area contributed by atoms with Crippen LogP contribution in [0.1, 0.15) is 80.8 Å². The predicted octanol–water partition coefficient (Wildman–Crippen LogP) is 4.13. The van der Waals surface area contributed by atoms with Crippen molar-refractivity contribution in [1.29, 1.82) is 0 Å². The Hall–Kier alpha value is -2.77. The summed E-state index contributed by atoms with van der Waals surface area (Å²) >= 11 is 0. The Morgan fingerprint density at radius 2 is 1.52 bits per heavy atom. The lowest BCUT2D eigenvalue weighted by Gasteiger charge is -2.39. The van der Waals surface area contributed by atoms with Crippen molar-refractivity contribution in [3.63, 3.8) is 0 Å². The number of rotatable bonds is 7. The van der Waals surface area contributed by atoms with E-state index in [0.29, 0.717) is 5.56 Å². The highest BCUT2D eigenvalue weighted by molar-refractivity contribution is 5.93. The van der Waals surface area contributed by atoms with Gasteiger partial charge in [0.15, 0.2) is 0 Å². The molecule has 0 spiro atoms. The molecule has 3 amide bonds. The highest BCUT2D eigenvalue weighted by Gasteiger charge is 2.40. The second-order valence-corrected chi connectivity index (χ2v) is 10.9. The van der Waals surface area contributed by atoms with Gasteiger partial charge >= 0.3 is 6.09 Å². The molecule has 0 heterocycles. The molecule has 1 aromatic rings. The van der Waals surface area contributed by atoms with Crippen molar-refractivity contribution in [2.24, 2.45) is 5.92 Å². The maximum Gasteiger partial charge on any atom is 0.408 e. The van der Waals surface area contributed by atoms with Crippen molar-refractivity contribution in [3.05, 3.63) is 29.8 Å². The summed E-state index contributed by atoms with van der Waals surface area (Å²) in [5, 5.41) is 16.1. The molecule has 8 nitrogen and oxygen atoms in total. The summed E-state index contributed by atoms with van der Waals surface area (Å²) in [6, 6.07) is 4.02. The van der Waals surface area contributed by atoms with Gasteiger partial charge in [-0.2, -0.15) is 0 Å². The van der Waals surface area contributed by atoms with Crippen LogP contribution < -0.4 is 10.6 Å². The Labute approximate surface area is 198 Å². The Balaban J connectivity index is 3.49. The average Bonchev–Trinajstić information content (AvgIpc) is 2.60. The molecule has 0 aliphatic rings. The van der Waals surface area contributed by atoms with Crippen LogP contribution >= 0.6 is 0 Å². The fourth-order valence-corrected chi connectivity index (χ4v) is 3.36. The first-order valence-corrected chi connectivity index (χ1v) is 11.4. The van der Waals surface area contributed by atoms with Crippen molar-refractivity contribution in [2.75, 3.05) is 0 Å². The number of ether oxygens (including phenoxy) is 1. The smallest absolute Gasteiger partial charge is 0.408 e. The lowest BCUT2D eigenvalue weighted by molar-refractivity contribution is -0.146. The second-order valence-electron chi connectivity index (χ2n) is 10.9. The van der Waals surface area contributed by atoms with Crippen LogP contribution in [-0.4, -0.2) is 51.1 Å². The number of phenols is 1. The molecule has 2 unspecified atom stereocenters. The molecule has 0 aromatic heterocycles. The van der Waals surface area contributed by atoms with E-state index < -0.39 is 47.2 Å². The zero-order valence-corrected chi connectivity index (χ0v) is 21.6. The summed E-state index contributed by atoms with van der Waals surface area (Å²) < 4.78 is 5.35. The zero-order chi connectivity index (χ0) is 25.7. The van der Waals surface area contributed by atoms with Gasteiger partial charge in [0, 0.05) is 17.1 Å². The number of nitrogens with zero attached hydrogens (tertiary/aromatic N) is 1. The van der Waals surface area contributed by atoms with Crippen LogP contribution in [0.5, 0.6) is 5.75 Å². The van der Waals surface area contributed by atoms with Crippen LogP contribution in [0.25, 0.3) is 0 Å². The molecule has 0 saturated heterocycles. The number of benzene rings is 1. The van der Waals surface area contributed by atoms with Crippen LogP contribution in [0, 0.1) is 5.92 Å². The maximum atomic E-state index is 13.8. The van der Waals surface area contributed by atoms with E-state index in [2.05, 4.69) is 10.6 Å². The number of carbonyl (C=O) groups is 3. The monoisotopic (exact) mass is 463 g/mol. The zero-order valence-electron chi connectivity index (χ0n) is 21.6. The number of carbonyl (C=O) groups excluding carboxylic acids is 3. The van der Waals surface area contributed by atoms with Gasteiger partial charge in [0.1, 0.15) is 23.4 Å². The van der Waals surface area contributed by atoms with Crippen molar-refractivity contribution in [2.45, 2.75) is 98.5 Å². The summed E-state index contributed by atoms with van der Waals surface area (Å²) in [5.74, 6) is -1.23. The van der Waals surface area contributed by atoms with E-state index in [1.165, 1.54) is 11.0 Å². The van der Waals surface area contributed by atoms with Crippen LogP contribution in [0.2, 0.25) is 0 Å². The second kappa shape index (κ2) is 10.9. The molecule has 186 valence electrons. The molecule has 0 bridgehead atoms. The summed E-state index contributed by atoms with van der Waals surface area (Å²) in [5.41, 5.74) is -0.976. The van der Waals surface area contributed by atoms with E-state index in [0.717, 1.165) is 0 Å². The fourth-order valence-electron chi connectivity index (χ4n) is 3.36. The number of amides is 3. The van der Waals surface area contributed by atoms with E-state index in [-0.39, 0.29) is 11.7 Å². The molecule has 2 atom stereocenters. The van der Waals surface area contributed by atoms with Gasteiger partial charge in [0.05, 0.1) is 0 Å². The molecule has 0 radical (unpaired) electrons. The number of nitrogens with one attached hydrogen (secondary N) is 2. The molecule has 0 aliphatic carbocycles. The van der Waals surface area contributed by atoms with E-state index >= 15 is 0 Å². The van der Waals surface area contributed by atoms with E-state index in [4.69, 9.17) is 4.74 Å². The molecule has 0 saturated carbocycles. The van der Waals surface area contributed by atoms with Gasteiger partial charge in [0.2, 0.25) is 11.8 Å². The molecule has 1 rings (SSSR count). The summed E-state index contributed by atoms with van der Waals surface area (Å²) in [6.07, 6.45) is -0.712. The van der Waals surface area contributed by atoms with Crippen molar-refractivity contribution in [3.8, 4) is 5.75 Å². The minimum absolute atomic E-state index is 0.0915. The number of aromatic hydroxyl groups is 1. The SMILES string of the molecule is CC(C)C(NC(=O)OC(C)(C)C)C(=O)N(C(C)C)C(C(=O)NC(C)(C)C)c1ccccc1O. The first kappa shape index (κ1) is 28.3. The number of hydrogen-bond acceptors (Lipinski definition) is 5. The molecular weight excluding hydrogens is 422 g/mol. The van der Waals surface area contributed by atoms with Crippen LogP contribution in [0.4, 0.5) is 4.79 Å². The average molecular weight is 464 g/mol. The summed E-state index contributed by atoms with van der Waals surface area (Å²) in [6.45, 7) is 17.9. The van der Waals surface area contributed by atoms with Crippen LogP contribution in [0.3, 0.4) is 0 Å². The van der Waals surface area contributed by atoms with Crippen LogP contribution in [0.15, 0.2) is 24.3 Å².